The summed E-state index contributed by atoms with van der Waals surface area (Å²) in [5.74, 6) is 0.416. The standard InChI is InChI=1S/C17H15BN2O2/c1-12(22-11-13-7-3-2-4-8-13)16-19-15-10-6-5-9-14(15)17(21)20(16)18/h2-10,12H,11H2,1H3/t12-/m1/s1. The van der Waals surface area contributed by atoms with Crippen LogP contribution in [-0.2, 0) is 11.3 Å². The van der Waals surface area contributed by atoms with Crippen molar-refractivity contribution in [1.82, 2.24) is 9.46 Å². The number of nitrogens with zero attached hydrogens (tertiary/aromatic N) is 2. The number of benzene rings is 2. The summed E-state index contributed by atoms with van der Waals surface area (Å²) in [5.41, 5.74) is 1.41. The largest absolute Gasteiger partial charge is 0.366 e. The van der Waals surface area contributed by atoms with Crippen molar-refractivity contribution in [2.24, 2.45) is 0 Å². The zero-order valence-corrected chi connectivity index (χ0v) is 12.3. The van der Waals surface area contributed by atoms with Crippen LogP contribution >= 0.6 is 0 Å². The van der Waals surface area contributed by atoms with Crippen LogP contribution in [0.5, 0.6) is 0 Å². The van der Waals surface area contributed by atoms with Crippen LogP contribution in [0.2, 0.25) is 0 Å². The van der Waals surface area contributed by atoms with Crippen molar-refractivity contribution in [2.45, 2.75) is 19.6 Å². The van der Waals surface area contributed by atoms with Gasteiger partial charge in [-0.15, -0.1) is 0 Å². The molecule has 1 aromatic heterocycles. The monoisotopic (exact) mass is 290 g/mol. The van der Waals surface area contributed by atoms with Gasteiger partial charge in [0.05, 0.1) is 17.5 Å². The first kappa shape index (κ1) is 14.5. The topological polar surface area (TPSA) is 44.1 Å². The first-order valence-electron chi connectivity index (χ1n) is 7.09. The summed E-state index contributed by atoms with van der Waals surface area (Å²) in [4.78, 5) is 16.7. The quantitative estimate of drug-likeness (QED) is 0.694. The Morgan fingerprint density at radius 2 is 1.82 bits per heavy atom. The van der Waals surface area contributed by atoms with Gasteiger partial charge in [-0.25, -0.2) is 4.98 Å². The third-order valence-corrected chi connectivity index (χ3v) is 3.54. The minimum absolute atomic E-state index is 0.268. The van der Waals surface area contributed by atoms with E-state index in [1.54, 1.807) is 18.2 Å². The van der Waals surface area contributed by atoms with Gasteiger partial charge in [-0.2, -0.15) is 0 Å². The summed E-state index contributed by atoms with van der Waals surface area (Å²) in [5, 5.41) is 0.504. The molecule has 5 heteroatoms. The molecular weight excluding hydrogens is 275 g/mol. The second-order valence-corrected chi connectivity index (χ2v) is 5.10. The number of para-hydroxylation sites is 1. The Hall–Kier alpha value is -2.40. The SMILES string of the molecule is [B]n1c([C@@H](C)OCc2ccccc2)nc2ccccc2c1=O. The maximum Gasteiger partial charge on any atom is 0.248 e. The molecule has 0 aliphatic heterocycles. The molecule has 3 rings (SSSR count). The lowest BCUT2D eigenvalue weighted by atomic mass is 10.2. The Labute approximate surface area is 129 Å². The zero-order chi connectivity index (χ0) is 15.5. The van der Waals surface area contributed by atoms with Gasteiger partial charge >= 0.3 is 0 Å². The Morgan fingerprint density at radius 1 is 1.14 bits per heavy atom. The van der Waals surface area contributed by atoms with E-state index in [2.05, 4.69) is 4.98 Å². The minimum atomic E-state index is -0.387. The summed E-state index contributed by atoms with van der Waals surface area (Å²) in [6.07, 6.45) is -0.387. The highest BCUT2D eigenvalue weighted by molar-refractivity contribution is 6.07. The van der Waals surface area contributed by atoms with Crippen molar-refractivity contribution in [3.05, 3.63) is 76.3 Å². The van der Waals surface area contributed by atoms with Gasteiger partial charge in [0.1, 0.15) is 11.9 Å². The van der Waals surface area contributed by atoms with E-state index in [1.807, 2.05) is 43.3 Å². The van der Waals surface area contributed by atoms with E-state index >= 15 is 0 Å². The molecule has 108 valence electrons. The van der Waals surface area contributed by atoms with E-state index in [4.69, 9.17) is 12.7 Å². The number of fused-ring (bicyclic) bond motifs is 1. The Morgan fingerprint density at radius 3 is 2.59 bits per heavy atom. The van der Waals surface area contributed by atoms with E-state index in [-0.39, 0.29) is 11.7 Å². The molecule has 0 saturated heterocycles. The predicted molar refractivity (Wildman–Crippen MR) is 86.8 cm³/mol. The normalized spacial score (nSPS) is 12.4. The summed E-state index contributed by atoms with van der Waals surface area (Å²) in [7, 11) is 5.88. The molecule has 3 aromatic rings. The van der Waals surface area contributed by atoms with Crippen LogP contribution in [-0.4, -0.2) is 17.4 Å². The number of ether oxygens (including phenoxy) is 1. The molecule has 1 atom stereocenters. The lowest BCUT2D eigenvalue weighted by Crippen LogP contribution is -2.25. The van der Waals surface area contributed by atoms with Crippen LogP contribution in [0, 0.1) is 0 Å². The molecule has 1 heterocycles. The van der Waals surface area contributed by atoms with Gasteiger partial charge in [-0.05, 0) is 24.6 Å². The molecule has 2 radical (unpaired) electrons. The number of hydrogen-bond acceptors (Lipinski definition) is 3. The third-order valence-electron chi connectivity index (χ3n) is 3.54. The van der Waals surface area contributed by atoms with Gasteiger partial charge in [0, 0.05) is 0 Å². The molecule has 4 nitrogen and oxygen atoms in total. The summed E-state index contributed by atoms with van der Waals surface area (Å²) in [6.45, 7) is 2.27. The molecular formula is C17H15BN2O2. The molecule has 0 spiro atoms. The van der Waals surface area contributed by atoms with E-state index in [0.717, 1.165) is 10.0 Å². The van der Waals surface area contributed by atoms with Gasteiger partial charge in [-0.1, -0.05) is 42.5 Å². The third kappa shape index (κ3) is 2.80. The number of aromatic nitrogens is 2. The lowest BCUT2D eigenvalue weighted by molar-refractivity contribution is 0.0459. The van der Waals surface area contributed by atoms with Crippen molar-refractivity contribution in [3.63, 3.8) is 0 Å². The van der Waals surface area contributed by atoms with Crippen molar-refractivity contribution < 1.29 is 4.74 Å². The minimum Gasteiger partial charge on any atom is -0.366 e. The first-order chi connectivity index (χ1) is 10.7. The Balaban J connectivity index is 1.89. The zero-order valence-electron chi connectivity index (χ0n) is 12.3. The highest BCUT2D eigenvalue weighted by Gasteiger charge is 2.14. The van der Waals surface area contributed by atoms with E-state index in [0.29, 0.717) is 23.3 Å². The van der Waals surface area contributed by atoms with E-state index in [9.17, 15) is 4.79 Å². The fraction of sp³-hybridized carbons (Fsp3) is 0.176. The highest BCUT2D eigenvalue weighted by Crippen LogP contribution is 2.17. The molecule has 22 heavy (non-hydrogen) atoms. The summed E-state index contributed by atoms with van der Waals surface area (Å²) < 4.78 is 6.86. The molecule has 0 amide bonds. The molecule has 0 saturated carbocycles. The smallest absolute Gasteiger partial charge is 0.248 e. The average Bonchev–Trinajstić information content (AvgIpc) is 2.57. The van der Waals surface area contributed by atoms with Gasteiger partial charge in [0.2, 0.25) is 13.5 Å². The van der Waals surface area contributed by atoms with Crippen LogP contribution in [0.15, 0.2) is 59.4 Å². The van der Waals surface area contributed by atoms with Crippen molar-refractivity contribution >= 4 is 18.9 Å². The van der Waals surface area contributed by atoms with Crippen LogP contribution in [0.4, 0.5) is 0 Å². The summed E-state index contributed by atoms with van der Waals surface area (Å²) >= 11 is 0. The molecule has 0 bridgehead atoms. The van der Waals surface area contributed by atoms with Crippen molar-refractivity contribution in [2.75, 3.05) is 0 Å². The highest BCUT2D eigenvalue weighted by atomic mass is 16.5. The van der Waals surface area contributed by atoms with Crippen LogP contribution in [0.3, 0.4) is 0 Å². The van der Waals surface area contributed by atoms with Crippen LogP contribution < -0.4 is 5.56 Å². The average molecular weight is 290 g/mol. The Bertz CT molecular complexity index is 846. The summed E-state index contributed by atoms with van der Waals surface area (Å²) in [6, 6.07) is 17.0. The van der Waals surface area contributed by atoms with Crippen LogP contribution in [0.1, 0.15) is 24.4 Å². The molecule has 0 unspecified atom stereocenters. The van der Waals surface area contributed by atoms with E-state index < -0.39 is 0 Å². The maximum atomic E-state index is 12.3. The fourth-order valence-corrected chi connectivity index (χ4v) is 2.32. The van der Waals surface area contributed by atoms with Gasteiger partial charge in [0.15, 0.2) is 0 Å². The first-order valence-corrected chi connectivity index (χ1v) is 7.09. The second kappa shape index (κ2) is 6.16. The van der Waals surface area contributed by atoms with Crippen molar-refractivity contribution in [3.8, 4) is 0 Å². The lowest BCUT2D eigenvalue weighted by Gasteiger charge is -2.17. The second-order valence-electron chi connectivity index (χ2n) is 5.10. The number of hydrogen-bond donors (Lipinski definition) is 0. The molecule has 2 aromatic carbocycles. The maximum absolute atomic E-state index is 12.3. The van der Waals surface area contributed by atoms with E-state index in [1.165, 1.54) is 0 Å². The van der Waals surface area contributed by atoms with Crippen molar-refractivity contribution in [1.29, 1.82) is 0 Å². The van der Waals surface area contributed by atoms with Gasteiger partial charge in [-0.3, -0.25) is 4.79 Å². The van der Waals surface area contributed by atoms with Crippen LogP contribution in [0.25, 0.3) is 10.9 Å². The molecule has 0 N–H and O–H groups in total. The molecule has 0 aliphatic carbocycles. The molecule has 0 aliphatic rings. The van der Waals surface area contributed by atoms with Gasteiger partial charge < -0.3 is 9.21 Å². The molecule has 0 fully saturated rings. The van der Waals surface area contributed by atoms with Gasteiger partial charge in [0.25, 0.3) is 0 Å². The predicted octanol–water partition coefficient (Wildman–Crippen LogP) is 2.61. The fourth-order valence-electron chi connectivity index (χ4n) is 2.32. The Kier molecular flexibility index (Phi) is 4.07. The number of rotatable bonds is 4.